The van der Waals surface area contributed by atoms with Crippen molar-refractivity contribution in [2.24, 2.45) is 5.92 Å². The van der Waals surface area contributed by atoms with Crippen LogP contribution in [0.5, 0.6) is 0 Å². The first kappa shape index (κ1) is 21.6. The van der Waals surface area contributed by atoms with Crippen molar-refractivity contribution in [2.75, 3.05) is 44.3 Å². The molecule has 0 spiro atoms. The first-order valence-corrected chi connectivity index (χ1v) is 12.2. The Kier molecular flexibility index (Phi) is 6.11. The van der Waals surface area contributed by atoms with E-state index < -0.39 is 16.3 Å². The molecule has 30 heavy (non-hydrogen) atoms. The number of aromatic nitrogens is 2. The van der Waals surface area contributed by atoms with Gasteiger partial charge in [0, 0.05) is 43.9 Å². The molecule has 2 fully saturated rings. The molecule has 4 heterocycles. The van der Waals surface area contributed by atoms with Gasteiger partial charge in [-0.05, 0) is 32.1 Å². The number of hydrogen-bond donors (Lipinski definition) is 0. The Morgan fingerprint density at radius 3 is 2.57 bits per heavy atom. The van der Waals surface area contributed by atoms with Gasteiger partial charge in [0.15, 0.2) is 0 Å². The molecular weight excluding hydrogens is 406 g/mol. The second-order valence-electron chi connectivity index (χ2n) is 8.66. The minimum Gasteiger partial charge on any atom is -0.379 e. The van der Waals surface area contributed by atoms with Gasteiger partial charge in [-0.25, -0.2) is 9.97 Å². The Labute approximate surface area is 178 Å². The molecule has 0 saturated carbocycles. The van der Waals surface area contributed by atoms with Crippen molar-refractivity contribution < 1.29 is 17.9 Å². The highest BCUT2D eigenvalue weighted by Gasteiger charge is 2.41. The maximum absolute atomic E-state index is 13.3. The number of amides is 1. The van der Waals surface area contributed by atoms with E-state index in [2.05, 4.69) is 13.8 Å². The predicted octanol–water partition coefficient (Wildman–Crippen LogP) is 1.43. The number of rotatable bonds is 5. The summed E-state index contributed by atoms with van der Waals surface area (Å²) in [5.74, 6) is 1.55. The molecule has 1 aromatic rings. The van der Waals surface area contributed by atoms with Crippen molar-refractivity contribution in [1.29, 1.82) is 0 Å². The predicted molar refractivity (Wildman–Crippen MR) is 112 cm³/mol. The van der Waals surface area contributed by atoms with E-state index in [0.29, 0.717) is 76.2 Å². The maximum atomic E-state index is 13.3. The minimum absolute atomic E-state index is 0.0736. The van der Waals surface area contributed by atoms with Gasteiger partial charge in [0.2, 0.25) is 5.91 Å². The normalized spacial score (nSPS) is 23.9. The molecule has 0 aliphatic carbocycles. The van der Waals surface area contributed by atoms with Gasteiger partial charge in [0.25, 0.3) is 10.2 Å². The first-order chi connectivity index (χ1) is 14.3. The molecule has 0 unspecified atom stereocenters. The number of ether oxygens (including phenoxy) is 1. The molecular formula is C20H31N5O4S. The van der Waals surface area contributed by atoms with E-state index in [0.717, 1.165) is 17.7 Å². The molecule has 1 atom stereocenters. The highest BCUT2D eigenvalue weighted by Crippen LogP contribution is 2.37. The summed E-state index contributed by atoms with van der Waals surface area (Å²) in [7, 11) is -3.61. The molecule has 3 aliphatic heterocycles. The first-order valence-electron chi connectivity index (χ1n) is 10.8. The Morgan fingerprint density at radius 1 is 1.13 bits per heavy atom. The lowest BCUT2D eigenvalue weighted by Gasteiger charge is -2.34. The van der Waals surface area contributed by atoms with E-state index in [1.165, 1.54) is 8.61 Å². The van der Waals surface area contributed by atoms with Gasteiger partial charge in [0.05, 0.1) is 19.3 Å². The van der Waals surface area contributed by atoms with Crippen molar-refractivity contribution >= 4 is 21.9 Å². The van der Waals surface area contributed by atoms with Crippen LogP contribution < -0.4 is 4.90 Å². The Morgan fingerprint density at radius 2 is 1.87 bits per heavy atom. The summed E-state index contributed by atoms with van der Waals surface area (Å²) < 4.78 is 34.9. The molecule has 4 rings (SSSR count). The summed E-state index contributed by atoms with van der Waals surface area (Å²) in [6.45, 7) is 8.70. The van der Waals surface area contributed by atoms with Crippen molar-refractivity contribution in [3.8, 4) is 0 Å². The van der Waals surface area contributed by atoms with Crippen LogP contribution in [0.1, 0.15) is 56.2 Å². The van der Waals surface area contributed by atoms with Crippen molar-refractivity contribution in [3.63, 3.8) is 0 Å². The number of anilines is 1. The lowest BCUT2D eigenvalue weighted by atomic mass is 10.0. The van der Waals surface area contributed by atoms with Crippen molar-refractivity contribution in [1.82, 2.24) is 18.6 Å². The second kappa shape index (κ2) is 8.49. The monoisotopic (exact) mass is 437 g/mol. The standard InChI is InChI=1S/C20H31N5O4S/c1-14(2)13-24-18(26)7-6-16-15(3)21-19(22-20(16)24)17-5-4-8-25(17)30(27,28)23-9-11-29-12-10-23/h14,17H,4-13H2,1-3H3/t17-/m0/s1. The van der Waals surface area contributed by atoms with E-state index >= 15 is 0 Å². The van der Waals surface area contributed by atoms with Crippen LogP contribution in [-0.2, 0) is 26.2 Å². The van der Waals surface area contributed by atoms with E-state index in [1.54, 1.807) is 4.90 Å². The second-order valence-corrected chi connectivity index (χ2v) is 10.5. The van der Waals surface area contributed by atoms with E-state index in [9.17, 15) is 13.2 Å². The Bertz CT molecular complexity index is 914. The lowest BCUT2D eigenvalue weighted by Crippen LogP contribution is -2.48. The third-order valence-electron chi connectivity index (χ3n) is 6.00. The number of aryl methyl sites for hydroxylation is 1. The van der Waals surface area contributed by atoms with Gasteiger partial charge < -0.3 is 4.74 Å². The van der Waals surface area contributed by atoms with E-state index in [1.807, 2.05) is 6.92 Å². The van der Waals surface area contributed by atoms with Crippen LogP contribution in [0, 0.1) is 12.8 Å². The number of carbonyl (C=O) groups excluding carboxylic acids is 1. The van der Waals surface area contributed by atoms with Gasteiger partial charge in [-0.1, -0.05) is 13.8 Å². The van der Waals surface area contributed by atoms with Gasteiger partial charge >= 0.3 is 0 Å². The topological polar surface area (TPSA) is 95.9 Å². The quantitative estimate of drug-likeness (QED) is 0.692. The third-order valence-corrected chi connectivity index (χ3v) is 8.04. The van der Waals surface area contributed by atoms with Crippen LogP contribution in [0.15, 0.2) is 0 Å². The average Bonchev–Trinajstić information content (AvgIpc) is 3.21. The lowest BCUT2D eigenvalue weighted by molar-refractivity contribution is -0.119. The molecule has 1 amide bonds. The Hall–Kier alpha value is -1.62. The van der Waals surface area contributed by atoms with Crippen LogP contribution in [0.3, 0.4) is 0 Å². The summed E-state index contributed by atoms with van der Waals surface area (Å²) in [5.41, 5.74) is 1.84. The van der Waals surface area contributed by atoms with Gasteiger partial charge in [-0.3, -0.25) is 9.69 Å². The number of fused-ring (bicyclic) bond motifs is 1. The van der Waals surface area contributed by atoms with Crippen LogP contribution in [-0.4, -0.2) is 72.3 Å². The van der Waals surface area contributed by atoms with Crippen LogP contribution in [0.25, 0.3) is 0 Å². The molecule has 1 aromatic heterocycles. The van der Waals surface area contributed by atoms with Crippen LogP contribution in [0.4, 0.5) is 5.82 Å². The zero-order valence-electron chi connectivity index (χ0n) is 18.0. The molecule has 0 radical (unpaired) electrons. The van der Waals surface area contributed by atoms with Gasteiger partial charge in [-0.15, -0.1) is 0 Å². The molecule has 2 saturated heterocycles. The largest absolute Gasteiger partial charge is 0.379 e. The smallest absolute Gasteiger partial charge is 0.282 e. The number of hydrogen-bond acceptors (Lipinski definition) is 6. The van der Waals surface area contributed by atoms with Gasteiger partial charge in [-0.2, -0.15) is 17.0 Å². The SMILES string of the molecule is Cc1nc([C@@H]2CCCN2S(=O)(=O)N2CCOCC2)nc2c1CCC(=O)N2CC(C)C. The molecule has 0 bridgehead atoms. The Balaban J connectivity index is 1.69. The number of morpholine rings is 1. The van der Waals surface area contributed by atoms with E-state index in [4.69, 9.17) is 14.7 Å². The zero-order valence-corrected chi connectivity index (χ0v) is 18.8. The number of nitrogens with zero attached hydrogens (tertiary/aromatic N) is 5. The molecule has 0 aromatic carbocycles. The van der Waals surface area contributed by atoms with Crippen molar-refractivity contribution in [3.05, 3.63) is 17.1 Å². The number of carbonyl (C=O) groups is 1. The molecule has 10 heteroatoms. The summed E-state index contributed by atoms with van der Waals surface area (Å²) >= 11 is 0. The highest BCUT2D eigenvalue weighted by molar-refractivity contribution is 7.86. The van der Waals surface area contributed by atoms with Gasteiger partial charge in [0.1, 0.15) is 11.6 Å². The molecule has 9 nitrogen and oxygen atoms in total. The fourth-order valence-corrected chi connectivity index (χ4v) is 6.29. The zero-order chi connectivity index (χ0) is 21.5. The van der Waals surface area contributed by atoms with Crippen LogP contribution in [0.2, 0.25) is 0 Å². The summed E-state index contributed by atoms with van der Waals surface area (Å²) in [5, 5.41) is 0. The fraction of sp³-hybridized carbons (Fsp3) is 0.750. The highest BCUT2D eigenvalue weighted by atomic mass is 32.2. The minimum atomic E-state index is -3.61. The van der Waals surface area contributed by atoms with Crippen LogP contribution >= 0.6 is 0 Å². The summed E-state index contributed by atoms with van der Waals surface area (Å²) in [4.78, 5) is 23.9. The summed E-state index contributed by atoms with van der Waals surface area (Å²) in [6, 6.07) is -0.403. The average molecular weight is 438 g/mol. The molecule has 166 valence electrons. The maximum Gasteiger partial charge on any atom is 0.282 e. The summed E-state index contributed by atoms with van der Waals surface area (Å²) in [6.07, 6.45) is 2.54. The molecule has 3 aliphatic rings. The fourth-order valence-electron chi connectivity index (χ4n) is 4.51. The molecule has 0 N–H and O–H groups in total. The van der Waals surface area contributed by atoms with Crippen molar-refractivity contribution in [2.45, 2.75) is 52.5 Å². The third kappa shape index (κ3) is 3.98. The van der Waals surface area contributed by atoms with E-state index in [-0.39, 0.29) is 5.91 Å².